The van der Waals surface area contributed by atoms with Gasteiger partial charge >= 0.3 is 6.09 Å². The quantitative estimate of drug-likeness (QED) is 0.145. The predicted molar refractivity (Wildman–Crippen MR) is 177 cm³/mol. The lowest BCUT2D eigenvalue weighted by Crippen LogP contribution is -2.36. The van der Waals surface area contributed by atoms with Crippen molar-refractivity contribution in [3.05, 3.63) is 75.0 Å². The summed E-state index contributed by atoms with van der Waals surface area (Å²) in [6, 6.07) is 4.47. The maximum absolute atomic E-state index is 13.1. The number of aliphatic hydroxyl groups excluding tert-OH is 1. The highest BCUT2D eigenvalue weighted by Crippen LogP contribution is 2.42. The number of methoxy groups -OCH3 is 2. The summed E-state index contributed by atoms with van der Waals surface area (Å²) >= 11 is 1.20. The smallest absolute Gasteiger partial charge is 0.405 e. The Morgan fingerprint density at radius 3 is 2.48 bits per heavy atom. The maximum Gasteiger partial charge on any atom is 0.405 e. The number of thiophene rings is 1. The van der Waals surface area contributed by atoms with Crippen molar-refractivity contribution in [1.29, 1.82) is 0 Å². The summed E-state index contributed by atoms with van der Waals surface area (Å²) in [7, 11) is 2.87. The summed E-state index contributed by atoms with van der Waals surface area (Å²) in [5.74, 6) is -2.39. The highest BCUT2D eigenvalue weighted by atomic mass is 32.1. The van der Waals surface area contributed by atoms with E-state index in [0.717, 1.165) is 6.07 Å². The molecule has 1 aromatic carbocycles. The fraction of sp³-hybridized carbons (Fsp3) is 0.364. The molecule has 2 bridgehead atoms. The molecule has 0 fully saturated rings. The summed E-state index contributed by atoms with van der Waals surface area (Å²) in [5, 5.41) is 40.7. The van der Waals surface area contributed by atoms with Gasteiger partial charge in [0, 0.05) is 37.3 Å². The molecular formula is C33H41N3O9S. The average Bonchev–Trinajstić information content (AvgIpc) is 3.55. The number of aliphatic hydroxyl groups is 1. The van der Waals surface area contributed by atoms with Crippen LogP contribution in [0, 0.1) is 5.92 Å². The van der Waals surface area contributed by atoms with Crippen molar-refractivity contribution in [2.24, 2.45) is 11.7 Å². The number of rotatable bonds is 5. The Morgan fingerprint density at radius 1 is 1.15 bits per heavy atom. The molecule has 7 N–H and O–H groups in total. The molecule has 3 rings (SSSR count). The molecule has 5 atom stereocenters. The second kappa shape index (κ2) is 16.2. The Bertz CT molecular complexity index is 1550. The van der Waals surface area contributed by atoms with Crippen LogP contribution in [0.1, 0.15) is 49.4 Å². The van der Waals surface area contributed by atoms with Crippen LogP contribution in [0.4, 0.5) is 16.2 Å². The topological polar surface area (TPSA) is 190 Å². The number of phenols is 2. The summed E-state index contributed by atoms with van der Waals surface area (Å²) in [5.41, 5.74) is 6.61. The third-order valence-electron chi connectivity index (χ3n) is 7.48. The molecule has 2 aromatic rings. The lowest BCUT2D eigenvalue weighted by molar-refractivity contribution is -0.112. The first-order chi connectivity index (χ1) is 21.8. The summed E-state index contributed by atoms with van der Waals surface area (Å²) in [6.07, 6.45) is 3.53. The number of allylic oxidation sites excluding steroid dienone is 2. The zero-order chi connectivity index (χ0) is 34.1. The van der Waals surface area contributed by atoms with Gasteiger partial charge in [0.25, 0.3) is 11.8 Å². The van der Waals surface area contributed by atoms with Gasteiger partial charge in [-0.3, -0.25) is 9.59 Å². The van der Waals surface area contributed by atoms with Crippen molar-refractivity contribution in [3.8, 4) is 11.5 Å². The molecule has 248 valence electrons. The Kier molecular flexibility index (Phi) is 12.7. The van der Waals surface area contributed by atoms with Crippen LogP contribution in [0.3, 0.4) is 0 Å². The standard InChI is InChI=1S/C33H41N3O9S/c1-17-13-21-27(36-32(41)26-11-8-12-46-26)23(37)16-22(29(21)39)35-31(40)18(2)9-7-10-24(43-5)30(45-33(34)42)20(4)15-19(3)28(38)25(14-17)44-6/h7-13,15-16,19,24-25,28,30,37-39H,14H2,1-6H3,(H2,34,42)(H,35,40)(H,36,41)/b10-7?,17-13+,18-9+,20-15+/t19-,24-,25-,28+,30-/m0/s1. The van der Waals surface area contributed by atoms with E-state index in [4.69, 9.17) is 19.9 Å². The van der Waals surface area contributed by atoms with Gasteiger partial charge in [-0.15, -0.1) is 11.3 Å². The molecule has 0 saturated heterocycles. The van der Waals surface area contributed by atoms with E-state index >= 15 is 0 Å². The summed E-state index contributed by atoms with van der Waals surface area (Å²) < 4.78 is 16.6. The molecule has 46 heavy (non-hydrogen) atoms. The molecule has 0 unspecified atom stereocenters. The van der Waals surface area contributed by atoms with E-state index in [9.17, 15) is 29.7 Å². The van der Waals surface area contributed by atoms with Gasteiger partial charge in [-0.1, -0.05) is 42.9 Å². The molecule has 0 aliphatic carbocycles. The number of fused-ring (bicyclic) bond motifs is 2. The number of primary amides is 1. The number of anilines is 2. The van der Waals surface area contributed by atoms with Crippen LogP contribution in [0.2, 0.25) is 0 Å². The molecule has 0 spiro atoms. The van der Waals surface area contributed by atoms with Gasteiger partial charge in [0.15, 0.2) is 6.10 Å². The van der Waals surface area contributed by atoms with Gasteiger partial charge in [-0.05, 0) is 50.3 Å². The molecule has 2 heterocycles. The van der Waals surface area contributed by atoms with Crippen LogP contribution >= 0.6 is 11.3 Å². The maximum atomic E-state index is 13.1. The van der Waals surface area contributed by atoms with E-state index in [1.165, 1.54) is 38.6 Å². The Morgan fingerprint density at radius 2 is 1.87 bits per heavy atom. The highest BCUT2D eigenvalue weighted by Gasteiger charge is 2.29. The number of hydrogen-bond donors (Lipinski definition) is 6. The van der Waals surface area contributed by atoms with Crippen molar-refractivity contribution in [3.63, 3.8) is 0 Å². The SMILES string of the molecule is CO[C@H]1C=C/C=C(\C)C(=O)Nc2cc(O)c(NC(=O)c3cccs3)c(c2O)/C=C(\C)C[C@H](OC)[C@H](O)[C@@H](C)/C=C(\C)[C@@H]1OC(N)=O. The summed E-state index contributed by atoms with van der Waals surface area (Å²) in [6.45, 7) is 6.76. The normalized spacial score (nSPS) is 26.5. The van der Waals surface area contributed by atoms with E-state index in [-0.39, 0.29) is 28.9 Å². The van der Waals surface area contributed by atoms with Crippen LogP contribution in [0.5, 0.6) is 11.5 Å². The average molecular weight is 656 g/mol. The van der Waals surface area contributed by atoms with Crippen LogP contribution in [0.15, 0.2) is 64.6 Å². The molecule has 0 saturated carbocycles. The number of benzene rings is 1. The minimum absolute atomic E-state index is 0.0414. The fourth-order valence-corrected chi connectivity index (χ4v) is 5.61. The first kappa shape index (κ1) is 36.0. The Hall–Kier alpha value is -4.43. The molecule has 1 aliphatic heterocycles. The van der Waals surface area contributed by atoms with Gasteiger partial charge in [0.05, 0.1) is 28.5 Å². The van der Waals surface area contributed by atoms with Crippen LogP contribution in [-0.2, 0) is 19.0 Å². The second-order valence-corrected chi connectivity index (χ2v) is 11.9. The molecule has 13 heteroatoms. The Balaban J connectivity index is 2.18. The van der Waals surface area contributed by atoms with Crippen molar-refractivity contribution in [2.45, 2.75) is 58.5 Å². The number of nitrogens with two attached hydrogens (primary N) is 1. The predicted octanol–water partition coefficient (Wildman–Crippen LogP) is 5.10. The number of phenolic OH excluding ortho intramolecular Hbond substituents is 2. The van der Waals surface area contributed by atoms with E-state index in [2.05, 4.69) is 10.6 Å². The van der Waals surface area contributed by atoms with Gasteiger partial charge < -0.3 is 45.9 Å². The Labute approximate surface area is 271 Å². The van der Waals surface area contributed by atoms with E-state index in [0.29, 0.717) is 16.0 Å². The lowest BCUT2D eigenvalue weighted by atomic mass is 9.91. The van der Waals surface area contributed by atoms with E-state index < -0.39 is 59.7 Å². The number of carbonyl (C=O) groups is 3. The van der Waals surface area contributed by atoms with Crippen LogP contribution < -0.4 is 16.4 Å². The third-order valence-corrected chi connectivity index (χ3v) is 8.35. The monoisotopic (exact) mass is 655 g/mol. The lowest BCUT2D eigenvalue weighted by Gasteiger charge is -2.28. The molecule has 3 amide bonds. The zero-order valence-corrected chi connectivity index (χ0v) is 27.4. The highest BCUT2D eigenvalue weighted by molar-refractivity contribution is 7.12. The molecule has 12 nitrogen and oxygen atoms in total. The van der Waals surface area contributed by atoms with Crippen LogP contribution in [0.25, 0.3) is 6.08 Å². The molecule has 1 aliphatic rings. The number of ether oxygens (including phenoxy) is 3. The van der Waals surface area contributed by atoms with E-state index in [1.807, 2.05) is 0 Å². The van der Waals surface area contributed by atoms with Gasteiger partial charge in [0.1, 0.15) is 17.6 Å². The van der Waals surface area contributed by atoms with Crippen molar-refractivity contribution in [2.75, 3.05) is 24.9 Å². The number of amides is 3. The number of carbonyl (C=O) groups excluding carboxylic acids is 3. The largest absolute Gasteiger partial charge is 0.506 e. The summed E-state index contributed by atoms with van der Waals surface area (Å²) in [4.78, 5) is 38.2. The van der Waals surface area contributed by atoms with Gasteiger partial charge in [0.2, 0.25) is 0 Å². The first-order valence-corrected chi connectivity index (χ1v) is 15.3. The van der Waals surface area contributed by atoms with Crippen molar-refractivity contribution < 1.29 is 43.9 Å². The number of aromatic hydroxyl groups is 2. The van der Waals surface area contributed by atoms with Crippen molar-refractivity contribution in [1.82, 2.24) is 0 Å². The third kappa shape index (κ3) is 9.07. The minimum atomic E-state index is -1.03. The van der Waals surface area contributed by atoms with Gasteiger partial charge in [-0.2, -0.15) is 0 Å². The van der Waals surface area contributed by atoms with Gasteiger partial charge in [-0.25, -0.2) is 4.79 Å². The molecule has 1 aromatic heterocycles. The molecular weight excluding hydrogens is 614 g/mol. The number of nitrogens with one attached hydrogen (secondary N) is 2. The zero-order valence-electron chi connectivity index (χ0n) is 26.6. The fourth-order valence-electron chi connectivity index (χ4n) is 4.99. The van der Waals surface area contributed by atoms with Crippen LogP contribution in [-0.4, -0.2) is 71.9 Å². The first-order valence-electron chi connectivity index (χ1n) is 14.4. The molecule has 0 radical (unpaired) electrons. The second-order valence-electron chi connectivity index (χ2n) is 11.0. The van der Waals surface area contributed by atoms with Crippen molar-refractivity contribution >= 4 is 46.7 Å². The van der Waals surface area contributed by atoms with E-state index in [1.54, 1.807) is 62.6 Å². The number of hydrogen-bond acceptors (Lipinski definition) is 10. The minimum Gasteiger partial charge on any atom is -0.506 e.